The molecule has 3 heterocycles. The molecule has 60 heavy (non-hydrogen) atoms. The first-order chi connectivity index (χ1) is 28.7. The van der Waals surface area contributed by atoms with Gasteiger partial charge >= 0.3 is 11.4 Å². The molecular weight excluding hydrogens is 814 g/mol. The third-order valence-electron chi connectivity index (χ3n) is 8.13. The lowest BCUT2D eigenvalue weighted by Gasteiger charge is -2.09. The van der Waals surface area contributed by atoms with Crippen molar-refractivity contribution in [1.82, 2.24) is 19.6 Å². The van der Waals surface area contributed by atoms with Gasteiger partial charge in [0, 0.05) is 58.1 Å². The summed E-state index contributed by atoms with van der Waals surface area (Å²) in [6.45, 7) is 2.29. The van der Waals surface area contributed by atoms with Crippen molar-refractivity contribution < 1.29 is 41.9 Å². The lowest BCUT2D eigenvalue weighted by molar-refractivity contribution is -0.140. The highest BCUT2D eigenvalue weighted by Gasteiger charge is 2.19. The van der Waals surface area contributed by atoms with E-state index in [-0.39, 0.29) is 59.0 Å². The number of rotatable bonds is 9. The van der Waals surface area contributed by atoms with Crippen LogP contribution in [-0.2, 0) is 27.5 Å². The van der Waals surface area contributed by atoms with Gasteiger partial charge in [-0.1, -0.05) is 46.7 Å². The van der Waals surface area contributed by atoms with Crippen molar-refractivity contribution in [3.8, 4) is 22.5 Å². The Hall–Kier alpha value is -7.47. The number of carbonyl (C=O) groups excluding carboxylic acids is 2. The maximum absolute atomic E-state index is 13.5. The molecule has 1 aliphatic heterocycles. The van der Waals surface area contributed by atoms with E-state index in [2.05, 4.69) is 30.1 Å². The Bertz CT molecular complexity index is 2690. The van der Waals surface area contributed by atoms with Gasteiger partial charge in [0.2, 0.25) is 0 Å². The molecule has 0 aliphatic carbocycles. The Morgan fingerprint density at radius 1 is 0.750 bits per heavy atom. The van der Waals surface area contributed by atoms with Crippen LogP contribution in [0, 0.1) is 23.3 Å². The average molecular weight is 846 g/mol. The van der Waals surface area contributed by atoms with Crippen LogP contribution >= 0.6 is 11.6 Å². The number of hydrogen-bond donors (Lipinski definition) is 2. The first kappa shape index (κ1) is 43.6. The van der Waals surface area contributed by atoms with Gasteiger partial charge in [-0.15, -0.1) is 0 Å². The normalized spacial score (nSPS) is 12.0. The second-order valence-electron chi connectivity index (χ2n) is 12.5. The highest BCUT2D eigenvalue weighted by atomic mass is 35.5. The molecule has 1 aliphatic rings. The quantitative estimate of drug-likeness (QED) is 0.0305. The number of amidine groups is 1. The van der Waals surface area contributed by atoms with E-state index in [1.807, 2.05) is 0 Å². The zero-order chi connectivity index (χ0) is 43.3. The summed E-state index contributed by atoms with van der Waals surface area (Å²) in [6.07, 6.45) is 0.0856. The molecule has 4 aromatic carbocycles. The molecule has 19 heteroatoms. The van der Waals surface area contributed by atoms with E-state index in [1.165, 1.54) is 33.6 Å². The molecule has 3 N–H and O–H groups in total. The molecule has 7 rings (SSSR count). The van der Waals surface area contributed by atoms with Crippen LogP contribution in [0.5, 0.6) is 0 Å². The van der Waals surface area contributed by atoms with Gasteiger partial charge in [0.05, 0.1) is 43.2 Å². The predicted octanol–water partition coefficient (Wildman–Crippen LogP) is 6.60. The molecule has 6 aromatic rings. The molecule has 0 bridgehead atoms. The molecule has 0 saturated heterocycles. The second-order valence-corrected chi connectivity index (χ2v) is 12.8. The smallest absolute Gasteiger partial charge is 0.403 e. The summed E-state index contributed by atoms with van der Waals surface area (Å²) in [5.74, 6) is -3.39. The van der Waals surface area contributed by atoms with Gasteiger partial charge in [-0.3, -0.25) is 9.59 Å². The maximum atomic E-state index is 13.5. The fourth-order valence-electron chi connectivity index (χ4n) is 5.49. The first-order valence-corrected chi connectivity index (χ1v) is 17.9. The number of benzene rings is 4. The van der Waals surface area contributed by atoms with E-state index in [0.717, 1.165) is 42.0 Å². The summed E-state index contributed by atoms with van der Waals surface area (Å²) in [7, 11) is 0. The predicted molar refractivity (Wildman–Crippen MR) is 211 cm³/mol. The van der Waals surface area contributed by atoms with Crippen LogP contribution in [0.3, 0.4) is 0 Å². The van der Waals surface area contributed by atoms with Crippen molar-refractivity contribution in [1.29, 1.82) is 0 Å². The number of aromatic nitrogens is 4. The van der Waals surface area contributed by atoms with Gasteiger partial charge < -0.3 is 20.5 Å². The molecule has 2 aromatic heterocycles. The minimum atomic E-state index is -0.738. The van der Waals surface area contributed by atoms with Gasteiger partial charge in [0.1, 0.15) is 23.3 Å². The van der Waals surface area contributed by atoms with Crippen molar-refractivity contribution >= 4 is 34.5 Å². The number of nitrogens with two attached hydrogens (primary N) is 1. The van der Waals surface area contributed by atoms with Gasteiger partial charge in [-0.05, 0) is 66.6 Å². The zero-order valence-electron chi connectivity index (χ0n) is 31.3. The molecular formula is C41H32ClF4N7O7. The summed E-state index contributed by atoms with van der Waals surface area (Å²) in [5, 5.41) is 23.8. The van der Waals surface area contributed by atoms with Crippen LogP contribution in [0.2, 0.25) is 0 Å². The topological polar surface area (TPSA) is 193 Å². The van der Waals surface area contributed by atoms with Crippen molar-refractivity contribution in [2.45, 2.75) is 26.4 Å². The lowest BCUT2D eigenvalue weighted by Crippen LogP contribution is -2.23. The minimum Gasteiger partial charge on any atom is -0.454 e. The molecule has 0 atom stereocenters. The third kappa shape index (κ3) is 12.3. The molecule has 14 nitrogen and oxygen atoms in total. The third-order valence-corrected chi connectivity index (χ3v) is 8.24. The molecule has 0 amide bonds. The highest BCUT2D eigenvalue weighted by molar-refractivity contribution is 6.61. The number of carbonyl (C=O) groups is 2. The Labute approximate surface area is 342 Å². The van der Waals surface area contributed by atoms with Gasteiger partial charge in [0.15, 0.2) is 5.84 Å². The van der Waals surface area contributed by atoms with E-state index in [9.17, 15) is 36.7 Å². The van der Waals surface area contributed by atoms with Crippen molar-refractivity contribution in [3.63, 3.8) is 0 Å². The monoisotopic (exact) mass is 845 g/mol. The largest absolute Gasteiger partial charge is 0.454 e. The summed E-state index contributed by atoms with van der Waals surface area (Å²) >= 11 is 4.72. The fraction of sp³-hybridized carbons (Fsp3) is 0.122. The zero-order valence-corrected chi connectivity index (χ0v) is 32.0. The van der Waals surface area contributed by atoms with Gasteiger partial charge in [-0.2, -0.15) is 10.2 Å². The standard InChI is InChI=1S/C20H13F2N3O3.C18H14F2N4O2.C3H5ClO2/c21-15-7-14(8-16(22)9-15)17-4-5-19(26)25(23-17)11-12-2-1-3-13(6-12)18-10-20(27)28-24-18;19-14-7-13(8-15(20)9-14)16-4-5-17(25)24(22-16)10-11-2-1-3-12(6-11)18(21)23-26;1-2-6-3(4)5/h1-9H,10-11H2;1-9,26H,10H2,(H2,21,23);2H2,1H3. The van der Waals surface area contributed by atoms with Crippen LogP contribution in [0.1, 0.15) is 35.6 Å². The fourth-order valence-corrected chi connectivity index (χ4v) is 5.60. The molecule has 0 unspecified atom stereocenters. The summed E-state index contributed by atoms with van der Waals surface area (Å²) < 4.78 is 60.3. The van der Waals surface area contributed by atoms with Gasteiger partial charge in [0.25, 0.3) is 11.1 Å². The minimum absolute atomic E-state index is 0.0591. The summed E-state index contributed by atoms with van der Waals surface area (Å²) in [5.41, 5.74) is 8.21. The molecule has 0 radical (unpaired) electrons. The van der Waals surface area contributed by atoms with Crippen LogP contribution in [-0.4, -0.2) is 54.3 Å². The van der Waals surface area contributed by atoms with Crippen molar-refractivity contribution in [2.24, 2.45) is 16.0 Å². The Kier molecular flexibility index (Phi) is 14.8. The van der Waals surface area contributed by atoms with Crippen LogP contribution in [0.25, 0.3) is 22.5 Å². The summed E-state index contributed by atoms with van der Waals surface area (Å²) in [6, 6.07) is 25.4. The number of hydrogen-bond acceptors (Lipinski definition) is 11. The van der Waals surface area contributed by atoms with E-state index < -0.39 is 34.7 Å². The van der Waals surface area contributed by atoms with E-state index in [4.69, 9.17) is 22.5 Å². The Balaban J connectivity index is 0.000000201. The van der Waals surface area contributed by atoms with Gasteiger partial charge in [-0.25, -0.2) is 36.5 Å². The van der Waals surface area contributed by atoms with Crippen LogP contribution in [0.15, 0.2) is 129 Å². The van der Waals surface area contributed by atoms with E-state index in [1.54, 1.807) is 55.5 Å². The highest BCUT2D eigenvalue weighted by Crippen LogP contribution is 2.21. The van der Waals surface area contributed by atoms with E-state index in [0.29, 0.717) is 29.0 Å². The number of nitrogens with zero attached hydrogens (tertiary/aromatic N) is 6. The molecule has 0 spiro atoms. The van der Waals surface area contributed by atoms with Crippen LogP contribution in [0.4, 0.5) is 22.4 Å². The SMILES string of the molecule is CCOC(=O)Cl.NC(=NO)c1cccc(Cn2nc(-c3cc(F)cc(F)c3)ccc2=O)c1.O=C1CC(c2cccc(Cn3nc(-c4cc(F)cc(F)c4)ccc3=O)c2)=NO1. The number of halogens is 5. The average Bonchev–Trinajstić information content (AvgIpc) is 3.65. The molecule has 0 fully saturated rings. The van der Waals surface area contributed by atoms with Crippen molar-refractivity contribution in [2.75, 3.05) is 6.61 Å². The second kappa shape index (κ2) is 20.3. The lowest BCUT2D eigenvalue weighted by atomic mass is 10.0. The molecule has 0 saturated carbocycles. The first-order valence-electron chi connectivity index (χ1n) is 17.6. The van der Waals surface area contributed by atoms with Crippen LogP contribution < -0.4 is 16.9 Å². The summed E-state index contributed by atoms with van der Waals surface area (Å²) in [4.78, 5) is 49.7. The Morgan fingerprint density at radius 3 is 1.68 bits per heavy atom. The number of ether oxygens (including phenoxy) is 1. The van der Waals surface area contributed by atoms with E-state index >= 15 is 0 Å². The van der Waals surface area contributed by atoms with Crippen molar-refractivity contribution in [3.05, 3.63) is 175 Å². The number of oxime groups is 2. The Morgan fingerprint density at radius 2 is 1.25 bits per heavy atom. The maximum Gasteiger partial charge on any atom is 0.403 e. The molecule has 308 valence electrons.